The summed E-state index contributed by atoms with van der Waals surface area (Å²) in [4.78, 5) is 43.5. The number of piperidine rings is 1. The molecule has 7 nitrogen and oxygen atoms in total. The number of halogens is 7. The minimum absolute atomic E-state index is 0.0886. The Morgan fingerprint density at radius 1 is 1.02 bits per heavy atom. The van der Waals surface area contributed by atoms with Gasteiger partial charge < -0.3 is 19.4 Å². The van der Waals surface area contributed by atoms with E-state index in [9.17, 15) is 36.3 Å². The molecule has 1 saturated carbocycles. The van der Waals surface area contributed by atoms with E-state index in [1.54, 1.807) is 23.1 Å². The fourth-order valence-electron chi connectivity index (χ4n) is 5.45. The van der Waals surface area contributed by atoms with Gasteiger partial charge in [0.25, 0.3) is 0 Å². The van der Waals surface area contributed by atoms with E-state index in [1.165, 1.54) is 7.05 Å². The molecule has 2 unspecified atom stereocenters. The summed E-state index contributed by atoms with van der Waals surface area (Å²) in [6.07, 6.45) is -5.80. The lowest BCUT2D eigenvalue weighted by Crippen LogP contribution is -2.46. The van der Waals surface area contributed by atoms with Crippen molar-refractivity contribution < 1.29 is 41.1 Å². The molecule has 3 amide bonds. The lowest BCUT2D eigenvalue weighted by atomic mass is 9.93. The molecule has 1 aromatic carbocycles. The molecule has 3 aliphatic rings. The van der Waals surface area contributed by atoms with Gasteiger partial charge in [0.05, 0.1) is 29.1 Å². The molecule has 228 valence electrons. The molecule has 2 aliphatic heterocycles. The lowest BCUT2D eigenvalue weighted by Gasteiger charge is -2.34. The molecular weight excluding hydrogens is 596 g/mol. The number of ether oxygens (including phenoxy) is 1. The number of carbonyl (C=O) groups excluding carboxylic acids is 3. The maximum atomic E-state index is 13.5. The summed E-state index contributed by atoms with van der Waals surface area (Å²) in [5.74, 6) is -5.78. The summed E-state index contributed by atoms with van der Waals surface area (Å²) in [6, 6.07) is 4.21. The van der Waals surface area contributed by atoms with Gasteiger partial charge in [0, 0.05) is 50.5 Å². The Labute approximate surface area is 244 Å². The average Bonchev–Trinajstić information content (AvgIpc) is 3.51. The standard InChI is InChI=1S/C27H32Cl2F5N3O4/c1-25(7-8-25)23(39)36-10-5-16(6-11-36)22(38)37-14-18(17-3-4-19(28)20(29)13-17)21(15-37)35(2)24(40)41-12-9-26(30,31)27(32,33)34/h3-4,13,16,18,21H,5-12,14-15H2,1-2H3. The van der Waals surface area contributed by atoms with Crippen LogP contribution in [0.15, 0.2) is 18.2 Å². The minimum Gasteiger partial charge on any atom is -0.449 e. The largest absolute Gasteiger partial charge is 0.453 e. The number of likely N-dealkylation sites (N-methyl/N-ethyl adjacent to an activating group) is 1. The van der Waals surface area contributed by atoms with Crippen molar-refractivity contribution in [2.24, 2.45) is 11.3 Å². The third-order valence-electron chi connectivity index (χ3n) is 8.46. The zero-order chi connectivity index (χ0) is 30.3. The first kappa shape index (κ1) is 31.6. The fourth-order valence-corrected chi connectivity index (χ4v) is 5.75. The number of hydrogen-bond acceptors (Lipinski definition) is 4. The van der Waals surface area contributed by atoms with Crippen molar-refractivity contribution in [3.05, 3.63) is 33.8 Å². The van der Waals surface area contributed by atoms with Crippen LogP contribution in [0.2, 0.25) is 10.0 Å². The molecule has 41 heavy (non-hydrogen) atoms. The highest BCUT2D eigenvalue weighted by Crippen LogP contribution is 2.47. The number of hydrogen-bond donors (Lipinski definition) is 0. The number of carbonyl (C=O) groups is 3. The Bertz CT molecular complexity index is 1170. The second kappa shape index (κ2) is 11.7. The lowest BCUT2D eigenvalue weighted by molar-refractivity contribution is -0.286. The predicted molar refractivity (Wildman–Crippen MR) is 141 cm³/mol. The van der Waals surface area contributed by atoms with E-state index in [0.717, 1.165) is 17.7 Å². The molecule has 0 N–H and O–H groups in total. The van der Waals surface area contributed by atoms with Crippen LogP contribution in [-0.2, 0) is 14.3 Å². The fraction of sp³-hybridized carbons (Fsp3) is 0.667. The molecule has 14 heteroatoms. The first-order chi connectivity index (χ1) is 19.0. The van der Waals surface area contributed by atoms with Crippen molar-refractivity contribution in [1.82, 2.24) is 14.7 Å². The van der Waals surface area contributed by atoms with Gasteiger partial charge in [0.1, 0.15) is 0 Å². The van der Waals surface area contributed by atoms with Crippen LogP contribution in [0.1, 0.15) is 50.5 Å². The number of amides is 3. The van der Waals surface area contributed by atoms with Crippen molar-refractivity contribution in [3.8, 4) is 0 Å². The Morgan fingerprint density at radius 2 is 1.66 bits per heavy atom. The highest BCUT2D eigenvalue weighted by atomic mass is 35.5. The van der Waals surface area contributed by atoms with E-state index in [1.807, 2.05) is 11.8 Å². The number of benzene rings is 1. The summed E-state index contributed by atoms with van der Waals surface area (Å²) < 4.78 is 68.7. The van der Waals surface area contributed by atoms with Gasteiger partial charge in [-0.25, -0.2) is 4.79 Å². The van der Waals surface area contributed by atoms with Gasteiger partial charge in [0.2, 0.25) is 11.8 Å². The maximum absolute atomic E-state index is 13.5. The quantitative estimate of drug-likeness (QED) is 0.349. The van der Waals surface area contributed by atoms with E-state index >= 15 is 0 Å². The molecular formula is C27H32Cl2F5N3O4. The third-order valence-corrected chi connectivity index (χ3v) is 9.20. The number of likely N-dealkylation sites (tertiary alicyclic amines) is 2. The zero-order valence-electron chi connectivity index (χ0n) is 22.7. The van der Waals surface area contributed by atoms with Crippen molar-refractivity contribution in [2.45, 2.75) is 63.1 Å². The molecule has 4 rings (SSSR count). The Balaban J connectivity index is 1.43. The first-order valence-corrected chi connectivity index (χ1v) is 14.2. The molecule has 1 aromatic rings. The second-order valence-electron chi connectivity index (χ2n) is 11.4. The van der Waals surface area contributed by atoms with Gasteiger partial charge in [-0.15, -0.1) is 0 Å². The topological polar surface area (TPSA) is 70.2 Å². The van der Waals surface area contributed by atoms with Crippen molar-refractivity contribution in [1.29, 1.82) is 0 Å². The van der Waals surface area contributed by atoms with E-state index in [2.05, 4.69) is 0 Å². The molecule has 2 heterocycles. The molecule has 0 aromatic heterocycles. The van der Waals surface area contributed by atoms with Crippen LogP contribution < -0.4 is 0 Å². The van der Waals surface area contributed by atoms with Crippen LogP contribution in [0.25, 0.3) is 0 Å². The molecule has 3 fully saturated rings. The maximum Gasteiger partial charge on any atom is 0.453 e. The van der Waals surface area contributed by atoms with Crippen molar-refractivity contribution in [2.75, 3.05) is 39.8 Å². The summed E-state index contributed by atoms with van der Waals surface area (Å²) in [5.41, 5.74) is 0.384. The first-order valence-electron chi connectivity index (χ1n) is 13.4. The number of rotatable bonds is 7. The van der Waals surface area contributed by atoms with Gasteiger partial charge in [-0.1, -0.05) is 36.2 Å². The van der Waals surface area contributed by atoms with Crippen molar-refractivity contribution in [3.63, 3.8) is 0 Å². The highest BCUT2D eigenvalue weighted by Gasteiger charge is 2.57. The minimum atomic E-state index is -5.75. The van der Waals surface area contributed by atoms with Crippen LogP contribution >= 0.6 is 23.2 Å². The molecule has 0 bridgehead atoms. The van der Waals surface area contributed by atoms with Gasteiger partial charge in [-0.3, -0.25) is 9.59 Å². The van der Waals surface area contributed by atoms with Gasteiger partial charge >= 0.3 is 18.2 Å². The summed E-state index contributed by atoms with van der Waals surface area (Å²) in [5, 5.41) is 0.561. The van der Waals surface area contributed by atoms with E-state index < -0.39 is 43.2 Å². The van der Waals surface area contributed by atoms with E-state index in [-0.39, 0.29) is 41.3 Å². The second-order valence-corrected chi connectivity index (χ2v) is 12.2. The molecule has 0 spiro atoms. The molecule has 1 aliphatic carbocycles. The SMILES string of the molecule is CN(C(=O)OCCC(F)(F)C(F)(F)F)C1CN(C(=O)C2CCN(C(=O)C3(C)CC3)CC2)CC1c1ccc(Cl)c(Cl)c1. The van der Waals surface area contributed by atoms with Crippen molar-refractivity contribution >= 4 is 41.1 Å². The van der Waals surface area contributed by atoms with Crippen LogP contribution in [0.4, 0.5) is 26.7 Å². The number of alkyl halides is 5. The van der Waals surface area contributed by atoms with Crippen LogP contribution in [0, 0.1) is 11.3 Å². The molecule has 2 saturated heterocycles. The van der Waals surface area contributed by atoms with E-state index in [4.69, 9.17) is 27.9 Å². The summed E-state index contributed by atoms with van der Waals surface area (Å²) in [7, 11) is 1.34. The Kier molecular flexibility index (Phi) is 9.05. The van der Waals surface area contributed by atoms with Crippen LogP contribution in [0.3, 0.4) is 0 Å². The Hall–Kier alpha value is -2.34. The highest BCUT2D eigenvalue weighted by molar-refractivity contribution is 6.42. The van der Waals surface area contributed by atoms with Gasteiger partial charge in [0.15, 0.2) is 0 Å². The van der Waals surface area contributed by atoms with Crippen LogP contribution in [0.5, 0.6) is 0 Å². The molecule has 0 radical (unpaired) electrons. The number of nitrogens with zero attached hydrogens (tertiary/aromatic N) is 3. The normalized spacial score (nSPS) is 23.0. The monoisotopic (exact) mass is 627 g/mol. The van der Waals surface area contributed by atoms with Gasteiger partial charge in [-0.2, -0.15) is 22.0 Å². The molecule has 2 atom stereocenters. The third kappa shape index (κ3) is 6.84. The summed E-state index contributed by atoms with van der Waals surface area (Å²) >= 11 is 12.3. The van der Waals surface area contributed by atoms with Gasteiger partial charge in [-0.05, 0) is 43.4 Å². The Morgan fingerprint density at radius 3 is 2.22 bits per heavy atom. The van der Waals surface area contributed by atoms with E-state index in [0.29, 0.717) is 36.5 Å². The smallest absolute Gasteiger partial charge is 0.449 e. The predicted octanol–water partition coefficient (Wildman–Crippen LogP) is 5.98. The summed E-state index contributed by atoms with van der Waals surface area (Å²) in [6.45, 7) is 2.07. The van der Waals surface area contributed by atoms with Crippen LogP contribution in [-0.4, -0.2) is 90.6 Å². The average molecular weight is 628 g/mol. The zero-order valence-corrected chi connectivity index (χ0v) is 24.2.